The Morgan fingerprint density at radius 3 is 2.31 bits per heavy atom. The van der Waals surface area contributed by atoms with Crippen LogP contribution < -0.4 is 26.4 Å². The van der Waals surface area contributed by atoms with Gasteiger partial charge in [-0.1, -0.05) is 36.4 Å². The van der Waals surface area contributed by atoms with Gasteiger partial charge < -0.3 is 15.4 Å². The maximum absolute atomic E-state index is 13.9. The quantitative estimate of drug-likeness (QED) is 0.217. The molecule has 1 aromatic heterocycles. The smallest absolute Gasteiger partial charge is 0.274 e. The highest BCUT2D eigenvalue weighted by molar-refractivity contribution is 5.93. The van der Waals surface area contributed by atoms with E-state index in [1.807, 2.05) is 48.5 Å². The normalized spacial score (nSPS) is 13.4. The number of rotatable bonds is 8. The molecule has 214 valence electrons. The zero-order chi connectivity index (χ0) is 29.6. The molecule has 10 nitrogen and oxygen atoms in total. The second-order valence-electron chi connectivity index (χ2n) is 10.3. The molecule has 0 saturated carbocycles. The fourth-order valence-corrected chi connectivity index (χ4v) is 5.04. The standard InChI is InChI=1S/C32H32N6O4/c1-37-31(40)28(23-10-12-27(13-11-23)42-19-16-21-2-8-25(9-3-21)30(39)36-41)29(24-6-4-22(20-33)5-7-24)35-32(37)38-17-14-26(34)15-18-38/h2-13,26,41H,14-19,34H2,1H3,(H,36,39). The second kappa shape index (κ2) is 12.7. The summed E-state index contributed by atoms with van der Waals surface area (Å²) in [5, 5.41) is 18.0. The molecule has 5 rings (SSSR count). The predicted molar refractivity (Wildman–Crippen MR) is 159 cm³/mol. The predicted octanol–water partition coefficient (Wildman–Crippen LogP) is 3.65. The largest absolute Gasteiger partial charge is 0.493 e. The molecule has 4 aromatic rings. The van der Waals surface area contributed by atoms with Crippen LogP contribution in [0, 0.1) is 11.3 Å². The molecule has 4 N–H and O–H groups in total. The number of hydroxylamine groups is 1. The Labute approximate surface area is 243 Å². The zero-order valence-electron chi connectivity index (χ0n) is 23.3. The fraction of sp³-hybridized carbons (Fsp3) is 0.250. The maximum atomic E-state index is 13.9. The van der Waals surface area contributed by atoms with E-state index < -0.39 is 5.91 Å². The number of benzene rings is 3. The maximum Gasteiger partial charge on any atom is 0.274 e. The van der Waals surface area contributed by atoms with Gasteiger partial charge in [0.05, 0.1) is 29.5 Å². The van der Waals surface area contributed by atoms with E-state index in [1.54, 1.807) is 41.4 Å². The van der Waals surface area contributed by atoms with E-state index in [-0.39, 0.29) is 11.6 Å². The Balaban J connectivity index is 1.40. The molecule has 10 heteroatoms. The van der Waals surface area contributed by atoms with Crippen molar-refractivity contribution in [1.82, 2.24) is 15.0 Å². The molecule has 3 aromatic carbocycles. The van der Waals surface area contributed by atoms with Gasteiger partial charge in [-0.05, 0) is 60.4 Å². The van der Waals surface area contributed by atoms with Crippen molar-refractivity contribution in [2.24, 2.45) is 12.8 Å². The van der Waals surface area contributed by atoms with E-state index in [0.717, 1.165) is 37.1 Å². The topological polar surface area (TPSA) is 146 Å². The highest BCUT2D eigenvalue weighted by atomic mass is 16.5. The summed E-state index contributed by atoms with van der Waals surface area (Å²) in [6, 6.07) is 23.6. The minimum absolute atomic E-state index is 0.150. The lowest BCUT2D eigenvalue weighted by Crippen LogP contribution is -2.42. The average molecular weight is 565 g/mol. The lowest BCUT2D eigenvalue weighted by molar-refractivity contribution is 0.0706. The van der Waals surface area contributed by atoms with Crippen LogP contribution in [0.1, 0.15) is 34.3 Å². The molecule has 1 aliphatic heterocycles. The van der Waals surface area contributed by atoms with E-state index in [4.69, 9.17) is 20.7 Å². The molecular formula is C32H32N6O4. The van der Waals surface area contributed by atoms with Crippen molar-refractivity contribution in [3.63, 3.8) is 0 Å². The molecule has 1 fully saturated rings. The highest BCUT2D eigenvalue weighted by Crippen LogP contribution is 2.31. The number of hydrogen-bond acceptors (Lipinski definition) is 8. The molecule has 0 aliphatic carbocycles. The first-order valence-corrected chi connectivity index (χ1v) is 13.8. The first kappa shape index (κ1) is 28.5. The third kappa shape index (κ3) is 6.17. The number of carbonyl (C=O) groups is 1. The summed E-state index contributed by atoms with van der Waals surface area (Å²) in [6.45, 7) is 1.86. The van der Waals surface area contributed by atoms with Crippen LogP contribution in [0.2, 0.25) is 0 Å². The Kier molecular flexibility index (Phi) is 8.62. The number of hydrogen-bond donors (Lipinski definition) is 3. The summed E-state index contributed by atoms with van der Waals surface area (Å²) >= 11 is 0. The summed E-state index contributed by atoms with van der Waals surface area (Å²) < 4.78 is 7.53. The molecule has 1 saturated heterocycles. The number of ether oxygens (including phenoxy) is 1. The first-order chi connectivity index (χ1) is 20.4. The SMILES string of the molecule is Cn1c(N2CCC(N)CC2)nc(-c2ccc(C#N)cc2)c(-c2ccc(OCCc3ccc(C(=O)NO)cc3)cc2)c1=O. The van der Waals surface area contributed by atoms with Gasteiger partial charge in [-0.15, -0.1) is 0 Å². The van der Waals surface area contributed by atoms with Crippen molar-refractivity contribution < 1.29 is 14.7 Å². The van der Waals surface area contributed by atoms with Crippen LogP contribution in [0.5, 0.6) is 5.75 Å². The first-order valence-electron chi connectivity index (χ1n) is 13.8. The zero-order valence-corrected chi connectivity index (χ0v) is 23.3. The highest BCUT2D eigenvalue weighted by Gasteiger charge is 2.24. The van der Waals surface area contributed by atoms with Gasteiger partial charge in [0.15, 0.2) is 0 Å². The van der Waals surface area contributed by atoms with E-state index in [2.05, 4.69) is 11.0 Å². The average Bonchev–Trinajstić information content (AvgIpc) is 3.03. The van der Waals surface area contributed by atoms with Gasteiger partial charge in [0.1, 0.15) is 5.75 Å². The third-order valence-electron chi connectivity index (χ3n) is 7.50. The Hall–Kier alpha value is -4.98. The van der Waals surface area contributed by atoms with Gasteiger partial charge in [0, 0.05) is 43.7 Å². The Bertz CT molecular complexity index is 1650. The van der Waals surface area contributed by atoms with Crippen molar-refractivity contribution in [3.05, 3.63) is 99.8 Å². The number of nitrogens with two attached hydrogens (primary N) is 1. The Morgan fingerprint density at radius 1 is 1.05 bits per heavy atom. The van der Waals surface area contributed by atoms with E-state index in [1.165, 1.54) is 0 Å². The second-order valence-corrected chi connectivity index (χ2v) is 10.3. The van der Waals surface area contributed by atoms with Crippen molar-refractivity contribution in [3.8, 4) is 34.2 Å². The van der Waals surface area contributed by atoms with E-state index in [0.29, 0.717) is 52.7 Å². The number of nitrogens with one attached hydrogen (secondary N) is 1. The number of amides is 1. The van der Waals surface area contributed by atoms with E-state index in [9.17, 15) is 14.9 Å². The molecule has 1 aliphatic rings. The molecule has 0 radical (unpaired) electrons. The molecule has 0 spiro atoms. The molecule has 0 bridgehead atoms. The van der Waals surface area contributed by atoms with Crippen LogP contribution >= 0.6 is 0 Å². The van der Waals surface area contributed by atoms with Crippen LogP contribution in [0.4, 0.5) is 5.95 Å². The number of anilines is 1. The number of nitriles is 1. The van der Waals surface area contributed by atoms with Gasteiger partial charge in [0.2, 0.25) is 5.95 Å². The van der Waals surface area contributed by atoms with Gasteiger partial charge in [-0.2, -0.15) is 5.26 Å². The van der Waals surface area contributed by atoms with Gasteiger partial charge >= 0.3 is 0 Å². The van der Waals surface area contributed by atoms with Crippen molar-refractivity contribution >= 4 is 11.9 Å². The lowest BCUT2D eigenvalue weighted by atomic mass is 9.99. The van der Waals surface area contributed by atoms with Crippen molar-refractivity contribution in [2.45, 2.75) is 25.3 Å². The molecular weight excluding hydrogens is 532 g/mol. The Morgan fingerprint density at radius 2 is 1.69 bits per heavy atom. The molecule has 1 amide bonds. The summed E-state index contributed by atoms with van der Waals surface area (Å²) in [6.07, 6.45) is 2.29. The van der Waals surface area contributed by atoms with Gasteiger partial charge in [-0.25, -0.2) is 10.5 Å². The number of carbonyl (C=O) groups excluding carboxylic acids is 1. The number of nitrogens with zero attached hydrogens (tertiary/aromatic N) is 4. The van der Waals surface area contributed by atoms with Gasteiger partial charge in [-0.3, -0.25) is 19.4 Å². The lowest BCUT2D eigenvalue weighted by Gasteiger charge is -2.32. The van der Waals surface area contributed by atoms with Gasteiger partial charge in [0.25, 0.3) is 11.5 Å². The van der Waals surface area contributed by atoms with Crippen molar-refractivity contribution in [2.75, 3.05) is 24.6 Å². The number of piperidine rings is 1. The minimum Gasteiger partial charge on any atom is -0.493 e. The third-order valence-corrected chi connectivity index (χ3v) is 7.50. The molecule has 42 heavy (non-hydrogen) atoms. The molecule has 0 unspecified atom stereocenters. The number of aromatic nitrogens is 2. The van der Waals surface area contributed by atoms with Crippen molar-refractivity contribution in [1.29, 1.82) is 5.26 Å². The monoisotopic (exact) mass is 564 g/mol. The summed E-state index contributed by atoms with van der Waals surface area (Å²) in [5.74, 6) is 0.692. The fourth-order valence-electron chi connectivity index (χ4n) is 5.04. The molecule has 2 heterocycles. The van der Waals surface area contributed by atoms with Crippen LogP contribution in [0.25, 0.3) is 22.4 Å². The molecule has 0 atom stereocenters. The van der Waals surface area contributed by atoms with Crippen LogP contribution in [-0.4, -0.2) is 46.4 Å². The summed E-state index contributed by atoms with van der Waals surface area (Å²) in [4.78, 5) is 32.5. The van der Waals surface area contributed by atoms with Crippen LogP contribution in [-0.2, 0) is 13.5 Å². The van der Waals surface area contributed by atoms with Crippen LogP contribution in [0.15, 0.2) is 77.6 Å². The van der Waals surface area contributed by atoms with E-state index >= 15 is 0 Å². The van der Waals surface area contributed by atoms with Crippen LogP contribution in [0.3, 0.4) is 0 Å². The summed E-state index contributed by atoms with van der Waals surface area (Å²) in [5.41, 5.74) is 11.9. The summed E-state index contributed by atoms with van der Waals surface area (Å²) in [7, 11) is 1.74. The minimum atomic E-state index is -0.559.